The number of carbonyl (C=O) groups excluding carboxylic acids is 1. The number of nitriles is 1. The minimum absolute atomic E-state index is 0.00521. The van der Waals surface area contributed by atoms with Gasteiger partial charge in [-0.1, -0.05) is 18.2 Å². The van der Waals surface area contributed by atoms with Crippen molar-refractivity contribution < 1.29 is 14.3 Å². The van der Waals surface area contributed by atoms with Gasteiger partial charge in [0.1, 0.15) is 23.1 Å². The average molecular weight is 336 g/mol. The molecule has 5 heteroatoms. The number of nitrogens with one attached hydrogen (secondary N) is 1. The molecule has 5 nitrogen and oxygen atoms in total. The van der Waals surface area contributed by atoms with E-state index in [4.69, 9.17) is 9.47 Å². The van der Waals surface area contributed by atoms with Crippen LogP contribution in [-0.2, 0) is 4.79 Å². The maximum atomic E-state index is 12.4. The normalized spacial score (nSPS) is 10.7. The lowest BCUT2D eigenvalue weighted by Gasteiger charge is -2.10. The molecular formula is C20H20N2O3. The first kappa shape index (κ1) is 18.1. The molecule has 0 radical (unpaired) electrons. The highest BCUT2D eigenvalue weighted by atomic mass is 16.5. The van der Waals surface area contributed by atoms with E-state index >= 15 is 0 Å². The molecule has 0 saturated carbocycles. The van der Waals surface area contributed by atoms with Crippen molar-refractivity contribution in [3.05, 3.63) is 59.2 Å². The van der Waals surface area contributed by atoms with Crippen LogP contribution in [0.2, 0.25) is 0 Å². The molecule has 0 aliphatic carbocycles. The minimum Gasteiger partial charge on any atom is -0.497 e. The molecule has 25 heavy (non-hydrogen) atoms. The second-order valence-electron chi connectivity index (χ2n) is 5.28. The second-order valence-corrected chi connectivity index (χ2v) is 5.28. The Balaban J connectivity index is 2.32. The Hall–Kier alpha value is -3.26. The van der Waals surface area contributed by atoms with Crippen LogP contribution in [0.5, 0.6) is 11.5 Å². The van der Waals surface area contributed by atoms with E-state index in [0.717, 1.165) is 5.56 Å². The van der Waals surface area contributed by atoms with E-state index < -0.39 is 5.91 Å². The van der Waals surface area contributed by atoms with Gasteiger partial charge in [0.25, 0.3) is 5.91 Å². The maximum Gasteiger partial charge on any atom is 0.266 e. The van der Waals surface area contributed by atoms with Gasteiger partial charge in [0.15, 0.2) is 0 Å². The number of rotatable bonds is 6. The number of nitrogens with zero attached hydrogens (tertiary/aromatic N) is 1. The average Bonchev–Trinajstić information content (AvgIpc) is 2.62. The van der Waals surface area contributed by atoms with Gasteiger partial charge in [-0.3, -0.25) is 4.79 Å². The highest BCUT2D eigenvalue weighted by Gasteiger charge is 2.12. The monoisotopic (exact) mass is 336 g/mol. The van der Waals surface area contributed by atoms with Crippen LogP contribution < -0.4 is 14.8 Å². The highest BCUT2D eigenvalue weighted by Crippen LogP contribution is 2.27. The molecule has 2 rings (SSSR count). The van der Waals surface area contributed by atoms with Crippen molar-refractivity contribution in [1.29, 1.82) is 5.26 Å². The summed E-state index contributed by atoms with van der Waals surface area (Å²) < 4.78 is 10.8. The molecule has 0 atom stereocenters. The van der Waals surface area contributed by atoms with Gasteiger partial charge < -0.3 is 14.8 Å². The summed E-state index contributed by atoms with van der Waals surface area (Å²) in [6.07, 6.45) is 1.51. The number of anilines is 1. The molecule has 1 amide bonds. The summed E-state index contributed by atoms with van der Waals surface area (Å²) in [6, 6.07) is 14.6. The third-order valence-corrected chi connectivity index (χ3v) is 3.58. The molecule has 0 aromatic heterocycles. The van der Waals surface area contributed by atoms with Crippen molar-refractivity contribution in [2.45, 2.75) is 13.8 Å². The zero-order valence-corrected chi connectivity index (χ0v) is 14.5. The third-order valence-electron chi connectivity index (χ3n) is 3.58. The van der Waals surface area contributed by atoms with Crippen LogP contribution in [0.3, 0.4) is 0 Å². The van der Waals surface area contributed by atoms with E-state index in [1.54, 1.807) is 31.4 Å². The van der Waals surface area contributed by atoms with E-state index in [1.165, 1.54) is 6.08 Å². The Morgan fingerprint density at radius 2 is 2.04 bits per heavy atom. The van der Waals surface area contributed by atoms with Crippen molar-refractivity contribution in [2.75, 3.05) is 19.0 Å². The van der Waals surface area contributed by atoms with Crippen LogP contribution >= 0.6 is 0 Å². The number of hydrogen-bond acceptors (Lipinski definition) is 4. The molecule has 0 heterocycles. The summed E-state index contributed by atoms with van der Waals surface area (Å²) in [6.45, 7) is 4.22. The van der Waals surface area contributed by atoms with Crippen LogP contribution in [0.25, 0.3) is 6.08 Å². The predicted octanol–water partition coefficient (Wildman–Crippen LogP) is 3.95. The number of benzene rings is 2. The SMILES string of the molecule is CCOc1cc(OC)ccc1/C=C(\C#N)C(=O)Nc1ccccc1C. The van der Waals surface area contributed by atoms with Crippen LogP contribution in [0.4, 0.5) is 5.69 Å². The van der Waals surface area contributed by atoms with Crippen molar-refractivity contribution in [3.63, 3.8) is 0 Å². The highest BCUT2D eigenvalue weighted by molar-refractivity contribution is 6.10. The lowest BCUT2D eigenvalue weighted by molar-refractivity contribution is -0.112. The predicted molar refractivity (Wildman–Crippen MR) is 97.6 cm³/mol. The van der Waals surface area contributed by atoms with E-state index in [2.05, 4.69) is 5.32 Å². The van der Waals surface area contributed by atoms with Crippen LogP contribution in [-0.4, -0.2) is 19.6 Å². The molecule has 1 N–H and O–H groups in total. The fourth-order valence-corrected chi connectivity index (χ4v) is 2.25. The largest absolute Gasteiger partial charge is 0.497 e. The summed E-state index contributed by atoms with van der Waals surface area (Å²) in [4.78, 5) is 12.4. The molecule has 128 valence electrons. The molecule has 0 spiro atoms. The summed E-state index contributed by atoms with van der Waals surface area (Å²) in [5.74, 6) is 0.733. The van der Waals surface area contributed by atoms with E-state index in [1.807, 2.05) is 38.1 Å². The molecule has 0 saturated heterocycles. The third kappa shape index (κ3) is 4.61. The lowest BCUT2D eigenvalue weighted by Crippen LogP contribution is -2.14. The number of ether oxygens (including phenoxy) is 2. The number of hydrogen-bond donors (Lipinski definition) is 1. The molecule has 0 fully saturated rings. The Morgan fingerprint density at radius 3 is 2.68 bits per heavy atom. The van der Waals surface area contributed by atoms with Crippen molar-refractivity contribution in [3.8, 4) is 17.6 Å². The Labute approximate surface area is 147 Å². The second kappa shape index (κ2) is 8.55. The van der Waals surface area contributed by atoms with Gasteiger partial charge in [-0.2, -0.15) is 5.26 Å². The van der Waals surface area contributed by atoms with Crippen LogP contribution in [0.15, 0.2) is 48.0 Å². The van der Waals surface area contributed by atoms with Crippen molar-refractivity contribution in [1.82, 2.24) is 0 Å². The quantitative estimate of drug-likeness (QED) is 0.640. The number of para-hydroxylation sites is 1. The standard InChI is InChI=1S/C20H20N2O3/c1-4-25-19-12-17(24-3)10-9-15(19)11-16(13-21)20(23)22-18-8-6-5-7-14(18)2/h5-12H,4H2,1-3H3,(H,22,23)/b16-11+. The number of aryl methyl sites for hydroxylation is 1. The number of amides is 1. The fraction of sp³-hybridized carbons (Fsp3) is 0.200. The van der Waals surface area contributed by atoms with E-state index in [-0.39, 0.29) is 5.57 Å². The van der Waals surface area contributed by atoms with Gasteiger partial charge in [-0.25, -0.2) is 0 Å². The summed E-state index contributed by atoms with van der Waals surface area (Å²) in [5, 5.41) is 12.1. The first-order valence-electron chi connectivity index (χ1n) is 7.88. The molecular weight excluding hydrogens is 316 g/mol. The summed E-state index contributed by atoms with van der Waals surface area (Å²) >= 11 is 0. The lowest BCUT2D eigenvalue weighted by atomic mass is 10.1. The van der Waals surface area contributed by atoms with Crippen molar-refractivity contribution >= 4 is 17.7 Å². The molecule has 0 bridgehead atoms. The molecule has 0 aliphatic rings. The smallest absolute Gasteiger partial charge is 0.266 e. The number of methoxy groups -OCH3 is 1. The van der Waals surface area contributed by atoms with Crippen molar-refractivity contribution in [2.24, 2.45) is 0 Å². The van der Waals surface area contributed by atoms with Gasteiger partial charge in [0.05, 0.1) is 13.7 Å². The van der Waals surface area contributed by atoms with Gasteiger partial charge in [0.2, 0.25) is 0 Å². The molecule has 0 aliphatic heterocycles. The first-order valence-corrected chi connectivity index (χ1v) is 7.88. The molecule has 0 unspecified atom stereocenters. The Morgan fingerprint density at radius 1 is 1.28 bits per heavy atom. The Bertz CT molecular complexity index is 835. The maximum absolute atomic E-state index is 12.4. The number of carbonyl (C=O) groups is 1. The zero-order chi connectivity index (χ0) is 18.2. The van der Waals surface area contributed by atoms with Gasteiger partial charge >= 0.3 is 0 Å². The fourth-order valence-electron chi connectivity index (χ4n) is 2.25. The van der Waals surface area contributed by atoms with Crippen LogP contribution in [0, 0.1) is 18.3 Å². The van der Waals surface area contributed by atoms with Gasteiger partial charge in [0, 0.05) is 17.3 Å². The van der Waals surface area contributed by atoms with E-state index in [0.29, 0.717) is 29.4 Å². The van der Waals surface area contributed by atoms with E-state index in [9.17, 15) is 10.1 Å². The topological polar surface area (TPSA) is 71.3 Å². The minimum atomic E-state index is -0.463. The summed E-state index contributed by atoms with van der Waals surface area (Å²) in [5.41, 5.74) is 2.23. The van der Waals surface area contributed by atoms with Gasteiger partial charge in [-0.05, 0) is 43.7 Å². The zero-order valence-electron chi connectivity index (χ0n) is 14.5. The van der Waals surface area contributed by atoms with Gasteiger partial charge in [-0.15, -0.1) is 0 Å². The molecule has 2 aromatic rings. The first-order chi connectivity index (χ1) is 12.1. The Kier molecular flexibility index (Phi) is 6.19. The van der Waals surface area contributed by atoms with Crippen LogP contribution in [0.1, 0.15) is 18.1 Å². The molecule has 2 aromatic carbocycles. The summed E-state index contributed by atoms with van der Waals surface area (Å²) in [7, 11) is 1.57.